The van der Waals surface area contributed by atoms with E-state index in [-0.39, 0.29) is 24.1 Å². The van der Waals surface area contributed by atoms with Gasteiger partial charge in [0.2, 0.25) is 5.91 Å². The largest absolute Gasteiger partial charge is 0.370 e. The highest BCUT2D eigenvalue weighted by Crippen LogP contribution is 2.22. The molecule has 1 heterocycles. The van der Waals surface area contributed by atoms with Crippen molar-refractivity contribution in [3.63, 3.8) is 0 Å². The summed E-state index contributed by atoms with van der Waals surface area (Å²) in [5.41, 5.74) is 1.09. The summed E-state index contributed by atoms with van der Waals surface area (Å²) in [5.74, 6) is -2.56. The molecule has 0 radical (unpaired) electrons. The SMILES string of the molecule is O=C(NCCCC(=O)N1CCOC(c2ccccc2)C1)c1ccc(F)c(F)c1. The molecular weight excluding hydrogens is 366 g/mol. The summed E-state index contributed by atoms with van der Waals surface area (Å²) in [6.07, 6.45) is 0.619. The number of hydrogen-bond donors (Lipinski definition) is 1. The predicted molar refractivity (Wildman–Crippen MR) is 99.6 cm³/mol. The summed E-state index contributed by atoms with van der Waals surface area (Å²) in [7, 11) is 0. The minimum Gasteiger partial charge on any atom is -0.370 e. The molecule has 1 fully saturated rings. The van der Waals surface area contributed by atoms with Gasteiger partial charge >= 0.3 is 0 Å². The maximum Gasteiger partial charge on any atom is 0.251 e. The smallest absolute Gasteiger partial charge is 0.251 e. The van der Waals surface area contributed by atoms with Crippen molar-refractivity contribution in [2.75, 3.05) is 26.2 Å². The zero-order chi connectivity index (χ0) is 19.9. The molecule has 7 heteroatoms. The standard InChI is InChI=1S/C21H22F2N2O3/c22-17-9-8-16(13-18(17)23)21(27)24-10-4-7-20(26)25-11-12-28-19(14-25)15-5-2-1-3-6-15/h1-3,5-6,8-9,13,19H,4,7,10-12,14H2,(H,24,27). The van der Waals surface area contributed by atoms with E-state index in [9.17, 15) is 18.4 Å². The normalized spacial score (nSPS) is 16.6. The molecule has 1 atom stereocenters. The van der Waals surface area contributed by atoms with Gasteiger partial charge in [0.1, 0.15) is 6.10 Å². The van der Waals surface area contributed by atoms with E-state index in [0.717, 1.165) is 17.7 Å². The van der Waals surface area contributed by atoms with Crippen molar-refractivity contribution in [3.8, 4) is 0 Å². The molecule has 148 valence electrons. The van der Waals surface area contributed by atoms with Gasteiger partial charge in [-0.3, -0.25) is 9.59 Å². The average molecular weight is 388 g/mol. The summed E-state index contributed by atoms with van der Waals surface area (Å²) in [6.45, 7) is 1.81. The molecule has 0 saturated carbocycles. The second-order valence-electron chi connectivity index (χ2n) is 6.60. The summed E-state index contributed by atoms with van der Waals surface area (Å²) >= 11 is 0. The molecule has 28 heavy (non-hydrogen) atoms. The van der Waals surface area contributed by atoms with E-state index in [1.54, 1.807) is 4.90 Å². The van der Waals surface area contributed by atoms with Crippen LogP contribution in [-0.2, 0) is 9.53 Å². The van der Waals surface area contributed by atoms with Crippen LogP contribution in [0.15, 0.2) is 48.5 Å². The summed E-state index contributed by atoms with van der Waals surface area (Å²) in [6, 6.07) is 12.8. The van der Waals surface area contributed by atoms with Gasteiger partial charge in [-0.2, -0.15) is 0 Å². The van der Waals surface area contributed by atoms with E-state index < -0.39 is 17.5 Å². The Balaban J connectivity index is 1.42. The number of halogens is 2. The van der Waals surface area contributed by atoms with Crippen LogP contribution in [0.25, 0.3) is 0 Å². The molecule has 1 saturated heterocycles. The molecule has 3 rings (SSSR count). The Morgan fingerprint density at radius 3 is 2.64 bits per heavy atom. The van der Waals surface area contributed by atoms with Gasteiger partial charge in [0.25, 0.3) is 5.91 Å². The van der Waals surface area contributed by atoms with Crippen molar-refractivity contribution in [3.05, 3.63) is 71.3 Å². The molecule has 5 nitrogen and oxygen atoms in total. The molecule has 1 aliphatic rings. The van der Waals surface area contributed by atoms with Crippen molar-refractivity contribution in [2.24, 2.45) is 0 Å². The van der Waals surface area contributed by atoms with Crippen molar-refractivity contribution in [2.45, 2.75) is 18.9 Å². The lowest BCUT2D eigenvalue weighted by atomic mass is 10.1. The number of ether oxygens (including phenoxy) is 1. The van der Waals surface area contributed by atoms with Crippen LogP contribution in [0, 0.1) is 11.6 Å². The second-order valence-corrected chi connectivity index (χ2v) is 6.60. The van der Waals surface area contributed by atoms with Gasteiger partial charge in [0.05, 0.1) is 13.2 Å². The topological polar surface area (TPSA) is 58.6 Å². The molecule has 1 unspecified atom stereocenters. The van der Waals surface area contributed by atoms with E-state index in [2.05, 4.69) is 5.32 Å². The maximum atomic E-state index is 13.2. The average Bonchev–Trinajstić information content (AvgIpc) is 2.73. The van der Waals surface area contributed by atoms with Crippen LogP contribution in [-0.4, -0.2) is 43.0 Å². The van der Waals surface area contributed by atoms with Gasteiger partial charge in [-0.05, 0) is 30.2 Å². The highest BCUT2D eigenvalue weighted by Gasteiger charge is 2.24. The van der Waals surface area contributed by atoms with E-state index >= 15 is 0 Å². The zero-order valence-corrected chi connectivity index (χ0v) is 15.4. The van der Waals surface area contributed by atoms with Crippen LogP contribution < -0.4 is 5.32 Å². The number of rotatable bonds is 6. The first kappa shape index (κ1) is 19.9. The van der Waals surface area contributed by atoms with Gasteiger partial charge in [-0.15, -0.1) is 0 Å². The highest BCUT2D eigenvalue weighted by molar-refractivity contribution is 5.94. The Morgan fingerprint density at radius 1 is 1.11 bits per heavy atom. The van der Waals surface area contributed by atoms with E-state index in [4.69, 9.17) is 4.74 Å². The van der Waals surface area contributed by atoms with E-state index in [1.165, 1.54) is 6.07 Å². The Morgan fingerprint density at radius 2 is 1.89 bits per heavy atom. The van der Waals surface area contributed by atoms with Gasteiger partial charge in [0.15, 0.2) is 11.6 Å². The molecular formula is C21H22F2N2O3. The summed E-state index contributed by atoms with van der Waals surface area (Å²) in [5, 5.41) is 2.62. The minimum absolute atomic E-state index is 0.00584. The van der Waals surface area contributed by atoms with Gasteiger partial charge in [0, 0.05) is 25.1 Å². The third kappa shape index (κ3) is 5.13. The Labute approximate surface area is 162 Å². The lowest BCUT2D eigenvalue weighted by molar-refractivity contribution is -0.139. The first-order valence-electron chi connectivity index (χ1n) is 9.22. The number of morpholine rings is 1. The fourth-order valence-electron chi connectivity index (χ4n) is 3.08. The van der Waals surface area contributed by atoms with Crippen LogP contribution in [0.4, 0.5) is 8.78 Å². The fraction of sp³-hybridized carbons (Fsp3) is 0.333. The molecule has 1 N–H and O–H groups in total. The number of nitrogens with zero attached hydrogens (tertiary/aromatic N) is 1. The van der Waals surface area contributed by atoms with Gasteiger partial charge in [-0.25, -0.2) is 8.78 Å². The first-order chi connectivity index (χ1) is 13.5. The third-order valence-electron chi connectivity index (χ3n) is 4.63. The van der Waals surface area contributed by atoms with Crippen LogP contribution in [0.2, 0.25) is 0 Å². The number of hydrogen-bond acceptors (Lipinski definition) is 3. The second kappa shape index (κ2) is 9.41. The van der Waals surface area contributed by atoms with Crippen LogP contribution in [0.5, 0.6) is 0 Å². The molecule has 2 aromatic rings. The minimum atomic E-state index is -1.07. The predicted octanol–water partition coefficient (Wildman–Crippen LogP) is 3.07. The molecule has 2 aromatic carbocycles. The van der Waals surface area contributed by atoms with Crippen LogP contribution in [0.3, 0.4) is 0 Å². The molecule has 0 bridgehead atoms. The Hall–Kier alpha value is -2.80. The van der Waals surface area contributed by atoms with Gasteiger partial charge < -0.3 is 15.0 Å². The van der Waals surface area contributed by atoms with E-state index in [1.807, 2.05) is 30.3 Å². The number of nitrogens with one attached hydrogen (secondary N) is 1. The summed E-state index contributed by atoms with van der Waals surface area (Å²) in [4.78, 5) is 26.2. The summed E-state index contributed by atoms with van der Waals surface area (Å²) < 4.78 is 31.9. The molecule has 1 aliphatic heterocycles. The highest BCUT2D eigenvalue weighted by atomic mass is 19.2. The molecule has 0 aliphatic carbocycles. The van der Waals surface area contributed by atoms with E-state index in [0.29, 0.717) is 32.5 Å². The monoisotopic (exact) mass is 388 g/mol. The molecule has 2 amide bonds. The van der Waals surface area contributed by atoms with Gasteiger partial charge in [-0.1, -0.05) is 30.3 Å². The number of carbonyl (C=O) groups excluding carboxylic acids is 2. The van der Waals surface area contributed by atoms with Crippen molar-refractivity contribution in [1.29, 1.82) is 0 Å². The third-order valence-corrected chi connectivity index (χ3v) is 4.63. The number of benzene rings is 2. The Bertz CT molecular complexity index is 830. The fourth-order valence-corrected chi connectivity index (χ4v) is 3.08. The lowest BCUT2D eigenvalue weighted by Crippen LogP contribution is -2.42. The molecule has 0 aromatic heterocycles. The maximum absolute atomic E-state index is 13.2. The van der Waals surface area contributed by atoms with Crippen molar-refractivity contribution >= 4 is 11.8 Å². The van der Waals surface area contributed by atoms with Crippen molar-refractivity contribution in [1.82, 2.24) is 10.2 Å². The number of carbonyl (C=O) groups is 2. The first-order valence-corrected chi connectivity index (χ1v) is 9.22. The quantitative estimate of drug-likeness (QED) is 0.774. The lowest BCUT2D eigenvalue weighted by Gasteiger charge is -2.33. The number of amides is 2. The Kier molecular flexibility index (Phi) is 6.71. The van der Waals surface area contributed by atoms with Crippen LogP contribution >= 0.6 is 0 Å². The van der Waals surface area contributed by atoms with Crippen LogP contribution in [0.1, 0.15) is 34.9 Å². The van der Waals surface area contributed by atoms with Crippen molar-refractivity contribution < 1.29 is 23.1 Å². The zero-order valence-electron chi connectivity index (χ0n) is 15.4. The molecule has 0 spiro atoms.